The predicted octanol–water partition coefficient (Wildman–Crippen LogP) is 3.01. The summed E-state index contributed by atoms with van der Waals surface area (Å²) < 4.78 is 0. The van der Waals surface area contributed by atoms with Crippen molar-refractivity contribution in [3.8, 4) is 0 Å². The standard InChI is InChI=1S/C18H25N3/c1-14-4-3-9-21(12-14)13-17(11-19)15-6-7-18-16(10-15)5-2-8-20-18/h2,5-8,10,14,17H,3-4,9,11-13,19H2,1H3. The molecule has 1 fully saturated rings. The van der Waals surface area contributed by atoms with Crippen LogP contribution in [0.4, 0.5) is 0 Å². The first-order valence-corrected chi connectivity index (χ1v) is 8.03. The Morgan fingerprint density at radius 1 is 1.38 bits per heavy atom. The van der Waals surface area contributed by atoms with Gasteiger partial charge in [0.05, 0.1) is 5.52 Å². The Morgan fingerprint density at radius 3 is 3.10 bits per heavy atom. The fraction of sp³-hybridized carbons (Fsp3) is 0.500. The number of hydrogen-bond acceptors (Lipinski definition) is 3. The molecule has 0 radical (unpaired) electrons. The van der Waals surface area contributed by atoms with Crippen LogP contribution >= 0.6 is 0 Å². The maximum Gasteiger partial charge on any atom is 0.0702 e. The van der Waals surface area contributed by atoms with Crippen molar-refractivity contribution in [1.29, 1.82) is 0 Å². The van der Waals surface area contributed by atoms with Crippen LogP contribution in [-0.2, 0) is 0 Å². The van der Waals surface area contributed by atoms with Crippen LogP contribution in [0.25, 0.3) is 10.9 Å². The molecule has 3 rings (SSSR count). The lowest BCUT2D eigenvalue weighted by Gasteiger charge is -2.33. The molecule has 0 aliphatic carbocycles. The number of nitrogens with two attached hydrogens (primary N) is 1. The van der Waals surface area contributed by atoms with Gasteiger partial charge in [-0.15, -0.1) is 0 Å². The summed E-state index contributed by atoms with van der Waals surface area (Å²) in [7, 11) is 0. The van der Waals surface area contributed by atoms with Crippen LogP contribution in [0.15, 0.2) is 36.5 Å². The monoisotopic (exact) mass is 283 g/mol. The Morgan fingerprint density at radius 2 is 2.29 bits per heavy atom. The number of hydrogen-bond donors (Lipinski definition) is 1. The highest BCUT2D eigenvalue weighted by molar-refractivity contribution is 5.79. The summed E-state index contributed by atoms with van der Waals surface area (Å²) in [5, 5.41) is 1.21. The minimum atomic E-state index is 0.417. The van der Waals surface area contributed by atoms with E-state index >= 15 is 0 Å². The number of benzene rings is 1. The third-order valence-corrected chi connectivity index (χ3v) is 4.60. The molecular formula is C18H25N3. The van der Waals surface area contributed by atoms with Crippen LogP contribution in [0, 0.1) is 5.92 Å². The quantitative estimate of drug-likeness (QED) is 0.938. The van der Waals surface area contributed by atoms with Gasteiger partial charge in [0, 0.05) is 37.1 Å². The zero-order chi connectivity index (χ0) is 14.7. The van der Waals surface area contributed by atoms with Gasteiger partial charge in [-0.05, 0) is 49.1 Å². The van der Waals surface area contributed by atoms with E-state index in [-0.39, 0.29) is 0 Å². The normalized spacial score (nSPS) is 21.5. The molecule has 2 N–H and O–H groups in total. The summed E-state index contributed by atoms with van der Waals surface area (Å²) >= 11 is 0. The van der Waals surface area contributed by atoms with E-state index in [1.807, 2.05) is 12.3 Å². The fourth-order valence-electron chi connectivity index (χ4n) is 3.43. The number of fused-ring (bicyclic) bond motifs is 1. The lowest BCUT2D eigenvalue weighted by molar-refractivity contribution is 0.175. The molecule has 1 aliphatic heterocycles. The molecule has 2 unspecified atom stereocenters. The van der Waals surface area contributed by atoms with Gasteiger partial charge in [0.25, 0.3) is 0 Å². The smallest absolute Gasteiger partial charge is 0.0702 e. The maximum atomic E-state index is 6.06. The highest BCUT2D eigenvalue weighted by atomic mass is 15.1. The highest BCUT2D eigenvalue weighted by Gasteiger charge is 2.20. The first kappa shape index (κ1) is 14.5. The number of piperidine rings is 1. The van der Waals surface area contributed by atoms with Gasteiger partial charge in [-0.1, -0.05) is 19.1 Å². The molecule has 3 nitrogen and oxygen atoms in total. The largest absolute Gasteiger partial charge is 0.330 e. The Bertz CT molecular complexity index is 596. The molecule has 0 spiro atoms. The first-order chi connectivity index (χ1) is 10.3. The Labute approximate surface area is 127 Å². The second-order valence-corrected chi connectivity index (χ2v) is 6.40. The van der Waals surface area contributed by atoms with E-state index in [2.05, 4.69) is 41.1 Å². The van der Waals surface area contributed by atoms with Crippen molar-refractivity contribution in [3.63, 3.8) is 0 Å². The SMILES string of the molecule is CC1CCCN(CC(CN)c2ccc3ncccc3c2)C1. The van der Waals surface area contributed by atoms with Gasteiger partial charge in [0.2, 0.25) is 0 Å². The molecule has 0 saturated carbocycles. The average molecular weight is 283 g/mol. The van der Waals surface area contributed by atoms with Gasteiger partial charge >= 0.3 is 0 Å². The van der Waals surface area contributed by atoms with Crippen LogP contribution in [-0.4, -0.2) is 36.1 Å². The van der Waals surface area contributed by atoms with E-state index in [1.54, 1.807) is 0 Å². The molecule has 2 heterocycles. The van der Waals surface area contributed by atoms with E-state index in [1.165, 1.54) is 36.9 Å². The van der Waals surface area contributed by atoms with Crippen LogP contribution < -0.4 is 5.73 Å². The van der Waals surface area contributed by atoms with Gasteiger partial charge in [0.1, 0.15) is 0 Å². The number of pyridine rings is 1. The summed E-state index contributed by atoms with van der Waals surface area (Å²) in [5.41, 5.74) is 8.46. The van der Waals surface area contributed by atoms with Crippen LogP contribution in [0.1, 0.15) is 31.2 Å². The molecule has 1 aliphatic rings. The molecule has 21 heavy (non-hydrogen) atoms. The van der Waals surface area contributed by atoms with E-state index in [9.17, 15) is 0 Å². The topological polar surface area (TPSA) is 42.1 Å². The van der Waals surface area contributed by atoms with Gasteiger partial charge in [-0.25, -0.2) is 0 Å². The summed E-state index contributed by atoms with van der Waals surface area (Å²) in [6, 6.07) is 10.7. The zero-order valence-corrected chi connectivity index (χ0v) is 12.8. The lowest BCUT2D eigenvalue weighted by atomic mass is 9.94. The van der Waals surface area contributed by atoms with Crippen LogP contribution in [0.3, 0.4) is 0 Å². The number of aromatic nitrogens is 1. The third-order valence-electron chi connectivity index (χ3n) is 4.60. The average Bonchev–Trinajstić information content (AvgIpc) is 2.52. The van der Waals surface area contributed by atoms with Gasteiger partial charge in [-0.3, -0.25) is 4.98 Å². The van der Waals surface area contributed by atoms with E-state index in [4.69, 9.17) is 5.73 Å². The lowest BCUT2D eigenvalue weighted by Crippen LogP contribution is -2.38. The molecule has 1 aromatic heterocycles. The van der Waals surface area contributed by atoms with E-state index in [0.717, 1.165) is 18.0 Å². The third kappa shape index (κ3) is 3.42. The van der Waals surface area contributed by atoms with Crippen molar-refractivity contribution in [3.05, 3.63) is 42.1 Å². The van der Waals surface area contributed by atoms with Crippen molar-refractivity contribution in [2.45, 2.75) is 25.7 Å². The predicted molar refractivity (Wildman–Crippen MR) is 88.4 cm³/mol. The molecular weight excluding hydrogens is 258 g/mol. The van der Waals surface area contributed by atoms with Gasteiger partial charge in [0.15, 0.2) is 0 Å². The minimum absolute atomic E-state index is 0.417. The number of nitrogens with zero attached hydrogens (tertiary/aromatic N) is 2. The summed E-state index contributed by atoms with van der Waals surface area (Å²) in [6.45, 7) is 6.57. The molecule has 0 bridgehead atoms. The van der Waals surface area contributed by atoms with Crippen molar-refractivity contribution in [2.24, 2.45) is 11.7 Å². The second kappa shape index (κ2) is 6.54. The molecule has 112 valence electrons. The van der Waals surface area contributed by atoms with Crippen LogP contribution in [0.2, 0.25) is 0 Å². The van der Waals surface area contributed by atoms with Crippen molar-refractivity contribution in [2.75, 3.05) is 26.2 Å². The van der Waals surface area contributed by atoms with E-state index in [0.29, 0.717) is 12.5 Å². The van der Waals surface area contributed by atoms with Gasteiger partial charge in [-0.2, -0.15) is 0 Å². The van der Waals surface area contributed by atoms with Crippen molar-refractivity contribution in [1.82, 2.24) is 9.88 Å². The number of rotatable bonds is 4. The summed E-state index contributed by atoms with van der Waals surface area (Å²) in [4.78, 5) is 6.97. The first-order valence-electron chi connectivity index (χ1n) is 8.03. The number of likely N-dealkylation sites (tertiary alicyclic amines) is 1. The van der Waals surface area contributed by atoms with Crippen molar-refractivity contribution < 1.29 is 0 Å². The fourth-order valence-corrected chi connectivity index (χ4v) is 3.43. The molecule has 2 atom stereocenters. The van der Waals surface area contributed by atoms with Crippen LogP contribution in [0.5, 0.6) is 0 Å². The molecule has 0 amide bonds. The van der Waals surface area contributed by atoms with Gasteiger partial charge < -0.3 is 10.6 Å². The Hall–Kier alpha value is -1.45. The summed E-state index contributed by atoms with van der Waals surface area (Å²) in [5.74, 6) is 1.23. The molecule has 3 heteroatoms. The second-order valence-electron chi connectivity index (χ2n) is 6.40. The highest BCUT2D eigenvalue weighted by Crippen LogP contribution is 2.23. The minimum Gasteiger partial charge on any atom is -0.330 e. The zero-order valence-electron chi connectivity index (χ0n) is 12.8. The molecule has 1 aromatic carbocycles. The Kier molecular flexibility index (Phi) is 4.51. The summed E-state index contributed by atoms with van der Waals surface area (Å²) in [6.07, 6.45) is 4.53. The molecule has 2 aromatic rings. The molecule has 1 saturated heterocycles. The van der Waals surface area contributed by atoms with Crippen molar-refractivity contribution >= 4 is 10.9 Å². The Balaban J connectivity index is 1.77. The maximum absolute atomic E-state index is 6.06. The van der Waals surface area contributed by atoms with E-state index < -0.39 is 0 Å².